The van der Waals surface area contributed by atoms with E-state index in [1.54, 1.807) is 5.56 Å². The summed E-state index contributed by atoms with van der Waals surface area (Å²) in [6, 6.07) is 4.69. The summed E-state index contributed by atoms with van der Waals surface area (Å²) in [6.45, 7) is 6.37. The fourth-order valence-electron chi connectivity index (χ4n) is 11.5. The van der Waals surface area contributed by atoms with Gasteiger partial charge in [0.15, 0.2) is 6.61 Å². The van der Waals surface area contributed by atoms with Crippen LogP contribution in [0.1, 0.15) is 107 Å². The molecule has 4 atom stereocenters. The van der Waals surface area contributed by atoms with Crippen LogP contribution in [0.25, 0.3) is 0 Å². The van der Waals surface area contributed by atoms with Gasteiger partial charge in [0.25, 0.3) is 5.91 Å². The van der Waals surface area contributed by atoms with Crippen LogP contribution in [-0.2, 0) is 35.7 Å². The summed E-state index contributed by atoms with van der Waals surface area (Å²) in [5, 5.41) is 21.5. The summed E-state index contributed by atoms with van der Waals surface area (Å²) < 4.78 is 10.9. The largest absolute Gasteiger partial charge is 0.508 e. The van der Waals surface area contributed by atoms with Gasteiger partial charge in [0, 0.05) is 31.0 Å². The molecule has 0 saturated heterocycles. The van der Waals surface area contributed by atoms with Crippen molar-refractivity contribution in [2.75, 3.05) is 46.1 Å². The number of nitrogens with zero attached hydrogens (tertiary/aromatic N) is 1. The van der Waals surface area contributed by atoms with E-state index in [1.165, 1.54) is 63.0 Å². The van der Waals surface area contributed by atoms with Gasteiger partial charge in [0.05, 0.1) is 32.1 Å². The molecule has 4 bridgehead atoms. The molecule has 1 aromatic carbocycles. The molecule has 2 amide bonds. The molecule has 0 aromatic heterocycles. The molecule has 258 valence electrons. The number of ether oxygens (including phenoxy) is 2. The Morgan fingerprint density at radius 1 is 0.915 bits per heavy atom. The van der Waals surface area contributed by atoms with Crippen LogP contribution in [0.15, 0.2) is 17.3 Å². The summed E-state index contributed by atoms with van der Waals surface area (Å²) in [5.74, 6) is 4.68. The van der Waals surface area contributed by atoms with E-state index in [-0.39, 0.29) is 29.3 Å². The van der Waals surface area contributed by atoms with Gasteiger partial charge >= 0.3 is 0 Å². The molecule has 8 rings (SSSR count). The average molecular weight is 650 g/mol. The van der Waals surface area contributed by atoms with Gasteiger partial charge in [-0.25, -0.2) is 0 Å². The second-order valence-corrected chi connectivity index (χ2v) is 16.0. The Morgan fingerprint density at radius 2 is 1.60 bits per heavy atom. The van der Waals surface area contributed by atoms with Gasteiger partial charge in [-0.3, -0.25) is 9.59 Å². The lowest BCUT2D eigenvalue weighted by Crippen LogP contribution is -2.48. The molecule has 0 radical (unpaired) electrons. The number of carbonyl (C=O) groups is 2. The van der Waals surface area contributed by atoms with E-state index in [1.807, 2.05) is 0 Å². The van der Waals surface area contributed by atoms with Gasteiger partial charge in [0.2, 0.25) is 5.91 Å². The van der Waals surface area contributed by atoms with Gasteiger partial charge in [-0.2, -0.15) is 0 Å². The highest BCUT2D eigenvalue weighted by Crippen LogP contribution is 2.64. The van der Waals surface area contributed by atoms with Gasteiger partial charge in [-0.1, -0.05) is 18.1 Å². The lowest BCUT2D eigenvalue weighted by atomic mass is 9.47. The van der Waals surface area contributed by atoms with Crippen LogP contribution in [0.4, 0.5) is 0 Å². The molecule has 9 heteroatoms. The summed E-state index contributed by atoms with van der Waals surface area (Å²) in [6.07, 6.45) is 14.6. The first kappa shape index (κ1) is 32.9. The van der Waals surface area contributed by atoms with E-state index in [2.05, 4.69) is 34.8 Å². The number of rotatable bonds is 13. The van der Waals surface area contributed by atoms with Crippen LogP contribution >= 0.6 is 0 Å². The predicted octanol–water partition coefficient (Wildman–Crippen LogP) is 5.37. The van der Waals surface area contributed by atoms with Crippen molar-refractivity contribution in [1.29, 1.82) is 0 Å². The summed E-state index contributed by atoms with van der Waals surface area (Å²) in [7, 11) is 0. The highest BCUT2D eigenvalue weighted by Gasteiger charge is 2.55. The van der Waals surface area contributed by atoms with Crippen LogP contribution < -0.4 is 10.6 Å². The van der Waals surface area contributed by atoms with Gasteiger partial charge in [-0.15, -0.1) is 0 Å². The number of benzene rings is 1. The molecule has 3 unspecified atom stereocenters. The van der Waals surface area contributed by atoms with Crippen molar-refractivity contribution in [1.82, 2.24) is 10.6 Å². The van der Waals surface area contributed by atoms with Crippen LogP contribution in [0, 0.1) is 35.0 Å². The Kier molecular flexibility index (Phi) is 9.58. The molecular weight excluding hydrogens is 594 g/mol. The highest BCUT2D eigenvalue weighted by atomic mass is 16.6. The van der Waals surface area contributed by atoms with Crippen molar-refractivity contribution in [3.63, 3.8) is 0 Å². The fraction of sp³-hybridized carbons (Fsp3) is 0.763. The number of hydrogen-bond donors (Lipinski definition) is 3. The van der Waals surface area contributed by atoms with Gasteiger partial charge in [-0.05, 0) is 135 Å². The molecule has 6 fully saturated rings. The lowest BCUT2D eigenvalue weighted by molar-refractivity contribution is -0.126. The van der Waals surface area contributed by atoms with Gasteiger partial charge < -0.3 is 30.1 Å². The van der Waals surface area contributed by atoms with Crippen LogP contribution in [0.3, 0.4) is 0 Å². The fourth-order valence-corrected chi connectivity index (χ4v) is 11.5. The normalized spacial score (nSPS) is 35.7. The third-order valence-electron chi connectivity index (χ3n) is 13.1. The average Bonchev–Trinajstić information content (AvgIpc) is 3.36. The minimum atomic E-state index is -0.199. The number of carbonyl (C=O) groups excluding carboxylic acids is 2. The van der Waals surface area contributed by atoms with E-state index in [0.29, 0.717) is 63.0 Å². The predicted molar refractivity (Wildman–Crippen MR) is 179 cm³/mol. The number of phenolic OH excluding ortho intramolecular Hbond substituents is 1. The number of oxime groups is 1. The summed E-state index contributed by atoms with van der Waals surface area (Å²) >= 11 is 0. The molecule has 7 aliphatic rings. The maximum absolute atomic E-state index is 12.4. The first-order valence-corrected chi connectivity index (χ1v) is 18.5. The van der Waals surface area contributed by atoms with Crippen molar-refractivity contribution in [2.45, 2.75) is 102 Å². The Balaban J connectivity index is 0.903. The molecule has 0 spiro atoms. The van der Waals surface area contributed by atoms with E-state index < -0.39 is 0 Å². The minimum absolute atomic E-state index is 0.0207. The molecule has 1 aromatic rings. The van der Waals surface area contributed by atoms with E-state index in [9.17, 15) is 14.7 Å². The number of aromatic hydroxyl groups is 1. The Hall–Kier alpha value is -2.65. The molecule has 6 saturated carbocycles. The zero-order valence-corrected chi connectivity index (χ0v) is 28.5. The standard InChI is InChI=1S/C38H55N3O6/c1-24(42)39-9-11-45-13-14-46-12-10-40-36(44)23-47-41-35-6-5-32-30-4-3-28-18-34(43)33(19-31(28)29(30)7-8-37(32,35)2)38-20-25-15-26(21-38)17-27(16-25)22-38/h18-19,25-27,29-30,32,43H,3-17,20-23H2,1-2H3,(H,39,42)(H,40,44)/b41-35-/t25?,26?,27?,29?,30?,32?,37-,38?/m0/s1. The molecular formula is C38H55N3O6. The quantitative estimate of drug-likeness (QED) is 0.195. The number of phenols is 1. The first-order valence-electron chi connectivity index (χ1n) is 18.5. The van der Waals surface area contributed by atoms with Crippen molar-refractivity contribution in [3.8, 4) is 5.75 Å². The maximum Gasteiger partial charge on any atom is 0.260 e. The van der Waals surface area contributed by atoms with Crippen LogP contribution in [0.5, 0.6) is 5.75 Å². The number of nitrogens with one attached hydrogen (secondary N) is 2. The zero-order valence-electron chi connectivity index (χ0n) is 28.5. The third-order valence-corrected chi connectivity index (χ3v) is 13.1. The minimum Gasteiger partial charge on any atom is -0.508 e. The second-order valence-electron chi connectivity index (χ2n) is 16.0. The summed E-state index contributed by atoms with van der Waals surface area (Å²) in [5.41, 5.74) is 5.58. The molecule has 3 N–H and O–H groups in total. The number of fused-ring (bicyclic) bond motifs is 5. The zero-order chi connectivity index (χ0) is 32.6. The van der Waals surface area contributed by atoms with Crippen molar-refractivity contribution >= 4 is 17.5 Å². The van der Waals surface area contributed by atoms with E-state index >= 15 is 0 Å². The van der Waals surface area contributed by atoms with Crippen molar-refractivity contribution in [2.24, 2.45) is 40.2 Å². The highest BCUT2D eigenvalue weighted by molar-refractivity contribution is 5.92. The molecule has 9 nitrogen and oxygen atoms in total. The van der Waals surface area contributed by atoms with Crippen LogP contribution in [-0.4, -0.2) is 68.8 Å². The van der Waals surface area contributed by atoms with Crippen molar-refractivity contribution < 1.29 is 29.0 Å². The maximum atomic E-state index is 12.4. The molecule has 0 aliphatic heterocycles. The van der Waals surface area contributed by atoms with Crippen molar-refractivity contribution in [3.05, 3.63) is 28.8 Å². The number of amides is 2. The third kappa shape index (κ3) is 6.68. The molecule has 7 aliphatic carbocycles. The Bertz CT molecular complexity index is 1330. The number of hydrogen-bond acceptors (Lipinski definition) is 7. The topological polar surface area (TPSA) is 118 Å². The molecule has 0 heterocycles. The SMILES string of the molecule is CC(=O)NCCOCCOCCNC(=O)CO/N=C1/CCC2C3CCc4cc(O)c(C56CC7CC(CC(C7)C5)C6)cc4C3CC[C@]12C. The monoisotopic (exact) mass is 649 g/mol. The first-order chi connectivity index (χ1) is 22.7. The smallest absolute Gasteiger partial charge is 0.260 e. The van der Waals surface area contributed by atoms with Crippen LogP contribution in [0.2, 0.25) is 0 Å². The molecule has 47 heavy (non-hydrogen) atoms. The second kappa shape index (κ2) is 13.7. The Morgan fingerprint density at radius 3 is 2.28 bits per heavy atom. The summed E-state index contributed by atoms with van der Waals surface area (Å²) in [4.78, 5) is 28.8. The van der Waals surface area contributed by atoms with Gasteiger partial charge in [0.1, 0.15) is 5.75 Å². The lowest BCUT2D eigenvalue weighted by Gasteiger charge is -2.57. The van der Waals surface area contributed by atoms with E-state index in [4.69, 9.17) is 14.3 Å². The van der Waals surface area contributed by atoms with E-state index in [0.717, 1.165) is 55.6 Å². The number of aryl methyl sites for hydroxylation is 1. The Labute approximate surface area is 279 Å².